The highest BCUT2D eigenvalue weighted by Crippen LogP contribution is 2.08. The van der Waals surface area contributed by atoms with Crippen molar-refractivity contribution in [1.29, 1.82) is 0 Å². The molecule has 0 radical (unpaired) electrons. The summed E-state index contributed by atoms with van der Waals surface area (Å²) in [5.41, 5.74) is 2.19. The van der Waals surface area contributed by atoms with Crippen LogP contribution in [0.3, 0.4) is 0 Å². The van der Waals surface area contributed by atoms with Gasteiger partial charge in [-0.05, 0) is 31.6 Å². The maximum absolute atomic E-state index is 4.25. The van der Waals surface area contributed by atoms with Crippen LogP contribution in [0, 0.1) is 0 Å². The molecule has 0 spiro atoms. The van der Waals surface area contributed by atoms with Gasteiger partial charge in [0.25, 0.3) is 0 Å². The van der Waals surface area contributed by atoms with Gasteiger partial charge in [0, 0.05) is 6.20 Å². The van der Waals surface area contributed by atoms with E-state index < -0.39 is 0 Å². The monoisotopic (exact) mass is 189 g/mol. The zero-order valence-corrected chi connectivity index (χ0v) is 9.49. The Hall–Kier alpha value is -1.37. The van der Waals surface area contributed by atoms with Crippen molar-refractivity contribution in [1.82, 2.24) is 4.98 Å². The summed E-state index contributed by atoms with van der Waals surface area (Å²) in [7, 11) is 0. The van der Waals surface area contributed by atoms with Crippen LogP contribution in [-0.4, -0.2) is 4.98 Å². The molecule has 76 valence electrons. The molecular weight excluding hydrogens is 170 g/mol. The third-order valence-electron chi connectivity index (χ3n) is 1.54. The Balaban J connectivity index is 0.000000791. The summed E-state index contributed by atoms with van der Waals surface area (Å²) >= 11 is 0. The van der Waals surface area contributed by atoms with Crippen LogP contribution in [0.4, 0.5) is 0 Å². The molecule has 0 atom stereocenters. The summed E-state index contributed by atoms with van der Waals surface area (Å²) in [5.74, 6) is 0. The van der Waals surface area contributed by atoms with Crippen molar-refractivity contribution in [2.24, 2.45) is 0 Å². The van der Waals surface area contributed by atoms with Gasteiger partial charge in [0.2, 0.25) is 0 Å². The van der Waals surface area contributed by atoms with Crippen LogP contribution in [0.2, 0.25) is 0 Å². The summed E-state index contributed by atoms with van der Waals surface area (Å²) in [5, 5.41) is 0. The van der Waals surface area contributed by atoms with E-state index in [9.17, 15) is 0 Å². The van der Waals surface area contributed by atoms with Crippen LogP contribution >= 0.6 is 0 Å². The predicted octanol–water partition coefficient (Wildman–Crippen LogP) is 4.17. The molecule has 0 N–H and O–H groups in total. The molecule has 14 heavy (non-hydrogen) atoms. The summed E-state index contributed by atoms with van der Waals surface area (Å²) in [6.07, 6.45) is 9.89. The molecule has 1 heterocycles. The fourth-order valence-electron chi connectivity index (χ4n) is 1.05. The average molecular weight is 189 g/mol. The summed E-state index contributed by atoms with van der Waals surface area (Å²) in [6.45, 7) is 8.00. The lowest BCUT2D eigenvalue weighted by Gasteiger charge is -1.97. The van der Waals surface area contributed by atoms with Gasteiger partial charge in [-0.15, -0.1) is 0 Å². The quantitative estimate of drug-likeness (QED) is 0.680. The van der Waals surface area contributed by atoms with E-state index in [2.05, 4.69) is 17.1 Å². The molecule has 0 aliphatic heterocycles. The minimum Gasteiger partial charge on any atom is -0.256 e. The highest BCUT2D eigenvalue weighted by molar-refractivity contribution is 5.61. The molecule has 1 nitrogen and oxygen atoms in total. The Morgan fingerprint density at radius 3 is 2.29 bits per heavy atom. The Kier molecular flexibility index (Phi) is 7.43. The van der Waals surface area contributed by atoms with Crippen molar-refractivity contribution >= 4 is 12.2 Å². The fraction of sp³-hybridized carbons (Fsp3) is 0.308. The van der Waals surface area contributed by atoms with Crippen LogP contribution in [0.15, 0.2) is 30.5 Å². The third kappa shape index (κ3) is 4.04. The largest absolute Gasteiger partial charge is 0.256 e. The normalized spacial score (nSPS) is 10.3. The Bertz CT molecular complexity index is 267. The topological polar surface area (TPSA) is 12.9 Å². The Morgan fingerprint density at radius 2 is 1.71 bits per heavy atom. The van der Waals surface area contributed by atoms with Gasteiger partial charge in [-0.25, -0.2) is 0 Å². The van der Waals surface area contributed by atoms with E-state index in [0.717, 1.165) is 11.3 Å². The van der Waals surface area contributed by atoms with Crippen molar-refractivity contribution < 1.29 is 0 Å². The maximum atomic E-state index is 4.25. The highest BCUT2D eigenvalue weighted by Gasteiger charge is 1.92. The minimum atomic E-state index is 1.03. The molecule has 0 saturated heterocycles. The van der Waals surface area contributed by atoms with E-state index in [1.54, 1.807) is 0 Å². The van der Waals surface area contributed by atoms with E-state index in [1.807, 2.05) is 58.2 Å². The first-order chi connectivity index (χ1) is 6.88. The van der Waals surface area contributed by atoms with Crippen molar-refractivity contribution in [3.8, 4) is 0 Å². The number of nitrogens with zero attached hydrogens (tertiary/aromatic N) is 1. The van der Waals surface area contributed by atoms with Crippen molar-refractivity contribution in [2.45, 2.75) is 27.7 Å². The first-order valence-corrected chi connectivity index (χ1v) is 5.09. The molecular formula is C13H19N. The van der Waals surface area contributed by atoms with Gasteiger partial charge in [-0.1, -0.05) is 38.1 Å². The summed E-state index contributed by atoms with van der Waals surface area (Å²) < 4.78 is 0. The number of allylic oxidation sites excluding steroid dienone is 2. The van der Waals surface area contributed by atoms with Crippen LogP contribution in [0.25, 0.3) is 12.2 Å². The maximum Gasteiger partial charge on any atom is 0.0698 e. The first kappa shape index (κ1) is 12.6. The highest BCUT2D eigenvalue weighted by atomic mass is 14.7. The van der Waals surface area contributed by atoms with Crippen LogP contribution in [0.1, 0.15) is 39.0 Å². The summed E-state index contributed by atoms with van der Waals surface area (Å²) in [4.78, 5) is 4.25. The molecule has 0 bridgehead atoms. The second kappa shape index (κ2) is 8.24. The smallest absolute Gasteiger partial charge is 0.0698 e. The van der Waals surface area contributed by atoms with E-state index in [0.29, 0.717) is 0 Å². The SMILES string of the molecule is C/C=C\c1ncccc1/C=C/C.CC. The minimum absolute atomic E-state index is 1.03. The first-order valence-electron chi connectivity index (χ1n) is 5.09. The second-order valence-corrected chi connectivity index (χ2v) is 2.48. The van der Waals surface area contributed by atoms with E-state index in [1.165, 1.54) is 0 Å². The molecule has 1 heteroatoms. The van der Waals surface area contributed by atoms with Gasteiger partial charge in [0.15, 0.2) is 0 Å². The molecule has 0 aliphatic rings. The number of aromatic nitrogens is 1. The van der Waals surface area contributed by atoms with Crippen molar-refractivity contribution in [2.75, 3.05) is 0 Å². The standard InChI is InChI=1S/C11H13N.C2H6/c1-3-6-10-8-5-9-12-11(10)7-4-2;1-2/h3-9H,1-2H3;1-2H3/b6-3+,7-4-;. The summed E-state index contributed by atoms with van der Waals surface area (Å²) in [6, 6.07) is 4.00. The fourth-order valence-corrected chi connectivity index (χ4v) is 1.05. The molecule has 0 aromatic carbocycles. The number of pyridine rings is 1. The van der Waals surface area contributed by atoms with Crippen LogP contribution in [0.5, 0.6) is 0 Å². The lowest BCUT2D eigenvalue weighted by atomic mass is 10.1. The van der Waals surface area contributed by atoms with Crippen molar-refractivity contribution in [3.63, 3.8) is 0 Å². The second-order valence-electron chi connectivity index (χ2n) is 2.48. The van der Waals surface area contributed by atoms with Crippen LogP contribution < -0.4 is 0 Å². The zero-order valence-electron chi connectivity index (χ0n) is 9.49. The number of hydrogen-bond donors (Lipinski definition) is 0. The average Bonchev–Trinajstić information content (AvgIpc) is 2.25. The molecule has 1 aromatic heterocycles. The predicted molar refractivity (Wildman–Crippen MR) is 65.0 cm³/mol. The van der Waals surface area contributed by atoms with Gasteiger partial charge in [-0.3, -0.25) is 4.98 Å². The molecule has 1 aromatic rings. The van der Waals surface area contributed by atoms with Gasteiger partial charge < -0.3 is 0 Å². The van der Waals surface area contributed by atoms with E-state index in [-0.39, 0.29) is 0 Å². The van der Waals surface area contributed by atoms with Gasteiger partial charge >= 0.3 is 0 Å². The van der Waals surface area contributed by atoms with Crippen LogP contribution in [-0.2, 0) is 0 Å². The van der Waals surface area contributed by atoms with E-state index >= 15 is 0 Å². The van der Waals surface area contributed by atoms with Gasteiger partial charge in [0.05, 0.1) is 5.69 Å². The zero-order chi connectivity index (χ0) is 10.8. The third-order valence-corrected chi connectivity index (χ3v) is 1.54. The molecule has 0 saturated carbocycles. The molecule has 0 aliphatic carbocycles. The van der Waals surface area contributed by atoms with Gasteiger partial charge in [0.1, 0.15) is 0 Å². The molecule has 0 fully saturated rings. The van der Waals surface area contributed by atoms with E-state index in [4.69, 9.17) is 0 Å². The van der Waals surface area contributed by atoms with Gasteiger partial charge in [-0.2, -0.15) is 0 Å². The number of rotatable bonds is 2. The Morgan fingerprint density at radius 1 is 1.07 bits per heavy atom. The molecule has 0 unspecified atom stereocenters. The molecule has 0 amide bonds. The number of hydrogen-bond acceptors (Lipinski definition) is 1. The molecule has 1 rings (SSSR count). The Labute approximate surface area is 87.2 Å². The van der Waals surface area contributed by atoms with Crippen molar-refractivity contribution in [3.05, 3.63) is 41.7 Å². The lowest BCUT2D eigenvalue weighted by Crippen LogP contribution is -1.83. The lowest BCUT2D eigenvalue weighted by molar-refractivity contribution is 1.28.